The number of carbonyl (C=O) groups excluding carboxylic acids is 15. The number of hydrogen-bond donors (Lipinski definition) is 2. The Labute approximate surface area is 603 Å². The Morgan fingerprint density at radius 1 is 0.533 bits per heavy atom. The highest BCUT2D eigenvalue weighted by Crippen LogP contribution is 2.32. The van der Waals surface area contributed by atoms with Gasteiger partial charge in [0.25, 0.3) is 20.2 Å². The highest BCUT2D eigenvalue weighted by molar-refractivity contribution is 6.28. The molecule has 2 fully saturated rings. The van der Waals surface area contributed by atoms with Gasteiger partial charge < -0.3 is 76.9 Å². The van der Waals surface area contributed by atoms with Crippen LogP contribution in [0.4, 0.5) is 14.4 Å². The standard InChI is InChI=1S/C32H40N2O15.C19H22N2O7.C18H19N2O7.CH4/c1-17(2)44-30(40)25(13-10-23(39)14-33-7)34-32(41)43-15-22-8-11-24(12-9-22)48-31-29(47-21(6)38)28(46-20(5)37)27(45-19(4)36)26(49-31)16-42-18(3)35;1-4-26-18(24)17(10-7-15(23)11-20-3)21-19(25)27-12-14-5-8-16(9-6-14)28-13(2)22;1-12(21)27-15-6-3-13(4-7-15)10-25-18(24)20-11-26-17(23)16(20)8-5-14(22)9-19-2;/h8-9,11-12,14,17,25-29,31H,7,10,13,15-16H2,1-6H3;5-6,8-9,11,17H,3-4,7,10,12H2,1-2H3;3-4,6-7,9,16H,2,5,8,10-11H2,1H3;1H4/q;;+1;/p+2/t25-,26+,27+,28-,29+,31+;17-;16-;/m000./s1. The molecule has 35 nitrogen and oxygen atoms in total. The molecule has 0 radical (unpaired) electrons. The molecule has 2 aliphatic heterocycles. The Morgan fingerprint density at radius 3 is 1.37 bits per heavy atom. The first-order valence-electron chi connectivity index (χ1n) is 31.7. The van der Waals surface area contributed by atoms with Crippen molar-refractivity contribution in [3.63, 3.8) is 0 Å². The molecule has 0 aromatic heterocycles. The second-order valence-electron chi connectivity index (χ2n) is 22.2. The third-order valence-corrected chi connectivity index (χ3v) is 13.3. The summed E-state index contributed by atoms with van der Waals surface area (Å²) >= 11 is 0. The molecule has 0 saturated carbocycles. The number of ketones is 3. The SMILES string of the molecule is C.C=[N+]=CC(=O)CC[C@H](NC(=O)OCc1ccc(OC(C)=O)cc1)C(=O)OCC.C=[N+]=CC(=O)CC[C@H](NC(=O)OCc1ccc(O[C@@H]2O[C@H](COC(C)=O)[C@@H](OC(C)=O)[C@H](OC(C)=O)[C@H]2OC(C)=O)cc1)C(=O)OC(C)C.C=[N+]=CC(=O)CC[C@H]1C(=O)OCN1C(=O)OCc1ccc(OC(C)=O)cc1. The average molecular weight is 1480 g/mol. The van der Waals surface area contributed by atoms with Gasteiger partial charge in [0.2, 0.25) is 29.7 Å². The van der Waals surface area contributed by atoms with E-state index in [4.69, 9.17) is 66.3 Å². The van der Waals surface area contributed by atoms with E-state index >= 15 is 0 Å². The molecule has 8 atom stereocenters. The fraction of sp³-hybridized carbons (Fsp3) is 0.443. The smallest absolute Gasteiger partial charge is 0.413 e. The van der Waals surface area contributed by atoms with E-state index in [2.05, 4.69) is 44.8 Å². The zero-order valence-electron chi connectivity index (χ0n) is 58.6. The minimum Gasteiger partial charge on any atom is -0.464 e. The molecule has 2 saturated heterocycles. The van der Waals surface area contributed by atoms with Gasteiger partial charge in [-0.15, -0.1) is 14.0 Å². The maximum absolute atomic E-state index is 12.5. The average Bonchev–Trinajstić information content (AvgIpc) is 1.32. The lowest BCUT2D eigenvalue weighted by Crippen LogP contribution is -2.63. The third kappa shape index (κ3) is 34.8. The summed E-state index contributed by atoms with van der Waals surface area (Å²) in [6.07, 6.45) is -6.68. The van der Waals surface area contributed by atoms with E-state index in [0.717, 1.165) is 51.2 Å². The topological polar surface area (TPSA) is 455 Å². The first-order valence-corrected chi connectivity index (χ1v) is 31.7. The van der Waals surface area contributed by atoms with E-state index < -0.39 is 139 Å². The van der Waals surface area contributed by atoms with Crippen LogP contribution in [-0.4, -0.2) is 208 Å². The lowest BCUT2D eigenvalue weighted by Gasteiger charge is -2.43. The number of rotatable bonds is 33. The summed E-state index contributed by atoms with van der Waals surface area (Å²) in [6, 6.07) is 15.8. The van der Waals surface area contributed by atoms with Crippen LogP contribution in [0.3, 0.4) is 0 Å². The summed E-state index contributed by atoms with van der Waals surface area (Å²) in [5, 5.41) is 4.79. The van der Waals surface area contributed by atoms with Crippen LogP contribution in [0.5, 0.6) is 17.2 Å². The van der Waals surface area contributed by atoms with E-state index in [0.29, 0.717) is 28.2 Å². The molecular formula is C70H87N6O29+3. The van der Waals surface area contributed by atoms with Crippen molar-refractivity contribution in [2.45, 2.75) is 183 Å². The van der Waals surface area contributed by atoms with Crippen LogP contribution < -0.4 is 38.8 Å². The van der Waals surface area contributed by atoms with Crippen molar-refractivity contribution in [1.29, 1.82) is 0 Å². The van der Waals surface area contributed by atoms with Gasteiger partial charge in [0, 0.05) is 60.8 Å². The maximum atomic E-state index is 12.5. The summed E-state index contributed by atoms with van der Waals surface area (Å²) in [7, 11) is 0. The molecule has 568 valence electrons. The molecule has 105 heavy (non-hydrogen) atoms. The van der Waals surface area contributed by atoms with Gasteiger partial charge in [-0.05, 0) is 93.1 Å². The van der Waals surface area contributed by atoms with Gasteiger partial charge in [-0.2, -0.15) is 0 Å². The number of nitrogens with zero attached hydrogens (tertiary/aromatic N) is 4. The van der Waals surface area contributed by atoms with Gasteiger partial charge in [-0.25, -0.2) is 28.8 Å². The number of benzene rings is 3. The highest BCUT2D eigenvalue weighted by Gasteiger charge is 2.53. The number of carbonyl (C=O) groups is 15. The molecule has 3 aromatic rings. The molecule has 0 unspecified atom stereocenters. The van der Waals surface area contributed by atoms with Crippen LogP contribution >= 0.6 is 0 Å². The highest BCUT2D eigenvalue weighted by atomic mass is 16.7. The van der Waals surface area contributed by atoms with Gasteiger partial charge in [0.1, 0.15) is 67.9 Å². The molecule has 0 aliphatic carbocycles. The van der Waals surface area contributed by atoms with Crippen molar-refractivity contribution in [2.24, 2.45) is 0 Å². The molecule has 5 rings (SSSR count). The Kier molecular flexibility index (Phi) is 39.9. The van der Waals surface area contributed by atoms with Gasteiger partial charge >= 0.3 is 90.6 Å². The Morgan fingerprint density at radius 2 is 0.952 bits per heavy atom. The molecule has 3 aromatic carbocycles. The van der Waals surface area contributed by atoms with Gasteiger partial charge in [-0.1, -0.05) is 43.8 Å². The Hall–Kier alpha value is -12.2. The van der Waals surface area contributed by atoms with E-state index in [-0.39, 0.29) is 96.4 Å². The zero-order valence-corrected chi connectivity index (χ0v) is 58.6. The van der Waals surface area contributed by atoms with Crippen LogP contribution in [0.15, 0.2) is 72.8 Å². The number of ether oxygens (including phenoxy) is 14. The number of hydrogen-bond acceptors (Lipinski definition) is 29. The van der Waals surface area contributed by atoms with Gasteiger partial charge in [0.15, 0.2) is 18.9 Å². The Bertz CT molecular complexity index is 3670. The van der Waals surface area contributed by atoms with Crippen molar-refractivity contribution in [3.05, 3.63) is 89.5 Å². The van der Waals surface area contributed by atoms with Crippen LogP contribution in [0.2, 0.25) is 0 Å². The summed E-state index contributed by atoms with van der Waals surface area (Å²) in [4.78, 5) is 178. The maximum Gasteiger partial charge on any atom is 0.413 e. The molecule has 35 heteroatoms. The second-order valence-corrected chi connectivity index (χ2v) is 22.2. The number of amides is 3. The zero-order chi connectivity index (χ0) is 77.4. The first kappa shape index (κ1) is 88.9. The number of cyclic esters (lactones) is 1. The largest absolute Gasteiger partial charge is 0.464 e. The second kappa shape index (κ2) is 47.1. The molecule has 2 N–H and O–H groups in total. The predicted molar refractivity (Wildman–Crippen MR) is 369 cm³/mol. The van der Waals surface area contributed by atoms with Crippen molar-refractivity contribution in [3.8, 4) is 17.2 Å². The summed E-state index contributed by atoms with van der Waals surface area (Å²) in [5.41, 5.74) is 1.82. The predicted octanol–water partition coefficient (Wildman–Crippen LogP) is 3.10. The van der Waals surface area contributed by atoms with Gasteiger partial charge in [0.05, 0.1) is 12.7 Å². The monoisotopic (exact) mass is 1480 g/mol. The summed E-state index contributed by atoms with van der Waals surface area (Å²) in [6.45, 7) is 20.7. The molecular weight excluding hydrogens is 1390 g/mol. The quantitative estimate of drug-likeness (QED) is 0.0291. The summed E-state index contributed by atoms with van der Waals surface area (Å²) < 4.78 is 83.4. The number of nitrogens with one attached hydrogen (secondary N) is 2. The lowest BCUT2D eigenvalue weighted by atomic mass is 9.98. The fourth-order valence-electron chi connectivity index (χ4n) is 8.92. The van der Waals surface area contributed by atoms with Crippen LogP contribution in [-0.2, 0) is 129 Å². The molecule has 0 bridgehead atoms. The number of Topliss-reactive ketones (excluding diaryl/α,β-unsaturated/α-hetero) is 3. The van der Waals surface area contributed by atoms with Crippen molar-refractivity contribution < 1.29 is 138 Å². The van der Waals surface area contributed by atoms with E-state index in [1.165, 1.54) is 38.1 Å². The normalized spacial score (nSPS) is 16.4. The first-order chi connectivity index (χ1) is 49.3. The van der Waals surface area contributed by atoms with E-state index in [1.807, 2.05) is 0 Å². The summed E-state index contributed by atoms with van der Waals surface area (Å²) in [5.74, 6) is -5.97. The Balaban J connectivity index is 0.000000571. The van der Waals surface area contributed by atoms with E-state index in [1.54, 1.807) is 69.3 Å². The van der Waals surface area contributed by atoms with Crippen LogP contribution in [0, 0.1) is 0 Å². The number of esters is 9. The van der Waals surface area contributed by atoms with Crippen molar-refractivity contribution >= 4 is 128 Å². The van der Waals surface area contributed by atoms with Gasteiger partial charge in [-0.3, -0.25) is 48.1 Å². The van der Waals surface area contributed by atoms with E-state index in [9.17, 15) is 71.9 Å². The lowest BCUT2D eigenvalue weighted by molar-refractivity contribution is -0.288. The molecule has 0 spiro atoms. The molecule has 2 heterocycles. The van der Waals surface area contributed by atoms with Crippen LogP contribution in [0.25, 0.3) is 0 Å². The van der Waals surface area contributed by atoms with Crippen molar-refractivity contribution in [1.82, 2.24) is 29.5 Å². The third-order valence-electron chi connectivity index (χ3n) is 13.3. The fourth-order valence-corrected chi connectivity index (χ4v) is 8.92. The minimum atomic E-state index is -1.44. The minimum absolute atomic E-state index is 0. The molecule has 3 amide bonds. The van der Waals surface area contributed by atoms with Crippen LogP contribution in [0.1, 0.15) is 125 Å². The molecule has 2 aliphatic rings. The number of alkyl carbamates (subject to hydrolysis) is 2. The van der Waals surface area contributed by atoms with Crippen molar-refractivity contribution in [2.75, 3.05) is 19.9 Å².